The van der Waals surface area contributed by atoms with Gasteiger partial charge in [0.25, 0.3) is 5.91 Å². The Bertz CT molecular complexity index is 682. The number of hydrogen-bond acceptors (Lipinski definition) is 3. The summed E-state index contributed by atoms with van der Waals surface area (Å²) in [7, 11) is 1.58. The summed E-state index contributed by atoms with van der Waals surface area (Å²) in [6, 6.07) is 13.3. The molecule has 2 rings (SSSR count). The van der Waals surface area contributed by atoms with Crippen molar-refractivity contribution in [3.05, 3.63) is 53.6 Å². The first-order chi connectivity index (χ1) is 11.0. The normalized spacial score (nSPS) is 11.7. The molecule has 0 unspecified atom stereocenters. The quantitative estimate of drug-likeness (QED) is 0.873. The van der Waals surface area contributed by atoms with E-state index in [-0.39, 0.29) is 5.91 Å². The van der Waals surface area contributed by atoms with E-state index in [0.29, 0.717) is 17.9 Å². The van der Waals surface area contributed by atoms with Crippen LogP contribution in [0.1, 0.15) is 24.5 Å². The smallest absolute Gasteiger partial charge is 0.265 e. The highest BCUT2D eigenvalue weighted by molar-refractivity contribution is 5.95. The molecule has 2 aromatic rings. The van der Waals surface area contributed by atoms with E-state index in [4.69, 9.17) is 9.47 Å². The summed E-state index contributed by atoms with van der Waals surface area (Å²) in [6.07, 6.45) is 0.0233. The van der Waals surface area contributed by atoms with Crippen LogP contribution in [-0.2, 0) is 4.79 Å². The Morgan fingerprint density at radius 3 is 2.52 bits per heavy atom. The lowest BCUT2D eigenvalue weighted by Gasteiger charge is -2.19. The number of hydrogen-bond donors (Lipinski definition) is 1. The Morgan fingerprint density at radius 1 is 1.13 bits per heavy atom. The van der Waals surface area contributed by atoms with E-state index in [9.17, 15) is 4.79 Å². The van der Waals surface area contributed by atoms with Crippen molar-refractivity contribution in [3.63, 3.8) is 0 Å². The molecule has 23 heavy (non-hydrogen) atoms. The summed E-state index contributed by atoms with van der Waals surface area (Å²) in [6.45, 7) is 5.86. The van der Waals surface area contributed by atoms with E-state index in [1.807, 2.05) is 63.2 Å². The van der Waals surface area contributed by atoms with E-state index in [1.54, 1.807) is 7.11 Å². The van der Waals surface area contributed by atoms with Crippen molar-refractivity contribution < 1.29 is 14.3 Å². The first-order valence-corrected chi connectivity index (χ1v) is 7.73. The Kier molecular flexibility index (Phi) is 5.63. The van der Waals surface area contributed by atoms with Crippen LogP contribution in [0.4, 0.5) is 5.69 Å². The maximum atomic E-state index is 12.5. The number of carbonyl (C=O) groups is 1. The highest BCUT2D eigenvalue weighted by Crippen LogP contribution is 2.26. The lowest BCUT2D eigenvalue weighted by atomic mass is 10.2. The number of aryl methyl sites for hydroxylation is 2. The molecular weight excluding hydrogens is 290 g/mol. The standard InChI is InChI=1S/C19H23NO3/c1-5-16(23-17-9-7-6-8-14(17)3)19(21)20-15-12-13(2)10-11-18(15)22-4/h6-12,16H,5H2,1-4H3,(H,20,21)/t16-/m0/s1. The third kappa shape index (κ3) is 4.25. The van der Waals surface area contributed by atoms with Gasteiger partial charge in [0.15, 0.2) is 6.10 Å². The van der Waals surface area contributed by atoms with Crippen LogP contribution in [0.2, 0.25) is 0 Å². The zero-order chi connectivity index (χ0) is 16.8. The Hall–Kier alpha value is -2.49. The fraction of sp³-hybridized carbons (Fsp3) is 0.316. The van der Waals surface area contributed by atoms with E-state index < -0.39 is 6.10 Å². The van der Waals surface area contributed by atoms with Crippen LogP contribution < -0.4 is 14.8 Å². The van der Waals surface area contributed by atoms with Gasteiger partial charge in [-0.25, -0.2) is 0 Å². The van der Waals surface area contributed by atoms with Crippen LogP contribution >= 0.6 is 0 Å². The molecule has 0 bridgehead atoms. The van der Waals surface area contributed by atoms with Crippen LogP contribution in [0.3, 0.4) is 0 Å². The zero-order valence-corrected chi connectivity index (χ0v) is 14.1. The monoisotopic (exact) mass is 313 g/mol. The molecule has 0 heterocycles. The van der Waals surface area contributed by atoms with Gasteiger partial charge < -0.3 is 14.8 Å². The number of amides is 1. The molecule has 0 fully saturated rings. The molecule has 0 aliphatic rings. The van der Waals surface area contributed by atoms with Gasteiger partial charge >= 0.3 is 0 Å². The Balaban J connectivity index is 2.15. The molecule has 0 spiro atoms. The minimum atomic E-state index is -0.554. The first-order valence-electron chi connectivity index (χ1n) is 7.73. The van der Waals surface area contributed by atoms with Crippen molar-refractivity contribution in [2.75, 3.05) is 12.4 Å². The van der Waals surface area contributed by atoms with Gasteiger partial charge in [-0.1, -0.05) is 31.2 Å². The fourth-order valence-electron chi connectivity index (χ4n) is 2.30. The molecule has 0 saturated heterocycles. The lowest BCUT2D eigenvalue weighted by Crippen LogP contribution is -2.32. The number of para-hydroxylation sites is 1. The predicted octanol–water partition coefficient (Wildman–Crippen LogP) is 4.11. The summed E-state index contributed by atoms with van der Waals surface area (Å²) in [5.41, 5.74) is 2.71. The van der Waals surface area contributed by atoms with E-state index in [0.717, 1.165) is 16.9 Å². The van der Waals surface area contributed by atoms with E-state index >= 15 is 0 Å². The molecule has 4 heteroatoms. The summed E-state index contributed by atoms with van der Waals surface area (Å²) >= 11 is 0. The van der Waals surface area contributed by atoms with Crippen molar-refractivity contribution >= 4 is 11.6 Å². The molecule has 0 saturated carbocycles. The maximum absolute atomic E-state index is 12.5. The Labute approximate surface area is 137 Å². The van der Waals surface area contributed by atoms with Crippen LogP contribution in [0.5, 0.6) is 11.5 Å². The maximum Gasteiger partial charge on any atom is 0.265 e. The number of nitrogens with one attached hydrogen (secondary N) is 1. The fourth-order valence-corrected chi connectivity index (χ4v) is 2.30. The van der Waals surface area contributed by atoms with Crippen molar-refractivity contribution in [3.8, 4) is 11.5 Å². The number of ether oxygens (including phenoxy) is 2. The minimum Gasteiger partial charge on any atom is -0.495 e. The van der Waals surface area contributed by atoms with Gasteiger partial charge in [-0.05, 0) is 49.6 Å². The summed E-state index contributed by atoms with van der Waals surface area (Å²) in [5, 5.41) is 2.90. The number of benzene rings is 2. The topological polar surface area (TPSA) is 47.6 Å². The SMILES string of the molecule is CC[C@H](Oc1ccccc1C)C(=O)Nc1cc(C)ccc1OC. The summed E-state index contributed by atoms with van der Waals surface area (Å²) in [4.78, 5) is 12.5. The zero-order valence-electron chi connectivity index (χ0n) is 14.1. The Morgan fingerprint density at radius 2 is 1.87 bits per heavy atom. The molecule has 122 valence electrons. The van der Waals surface area contributed by atoms with Crippen molar-refractivity contribution in [1.29, 1.82) is 0 Å². The van der Waals surface area contributed by atoms with Crippen molar-refractivity contribution in [1.82, 2.24) is 0 Å². The summed E-state index contributed by atoms with van der Waals surface area (Å²) in [5.74, 6) is 1.18. The predicted molar refractivity (Wildman–Crippen MR) is 92.2 cm³/mol. The molecule has 1 N–H and O–H groups in total. The second-order valence-electron chi connectivity index (χ2n) is 5.47. The van der Waals surface area contributed by atoms with Crippen LogP contribution in [0.25, 0.3) is 0 Å². The minimum absolute atomic E-state index is 0.181. The highest BCUT2D eigenvalue weighted by atomic mass is 16.5. The molecule has 1 atom stereocenters. The molecule has 2 aromatic carbocycles. The van der Waals surface area contributed by atoms with E-state index in [1.165, 1.54) is 0 Å². The first kappa shape index (κ1) is 16.9. The van der Waals surface area contributed by atoms with Crippen LogP contribution in [-0.4, -0.2) is 19.1 Å². The van der Waals surface area contributed by atoms with Gasteiger partial charge in [-0.3, -0.25) is 4.79 Å². The average molecular weight is 313 g/mol. The van der Waals surface area contributed by atoms with Gasteiger partial charge in [0.2, 0.25) is 0 Å². The second kappa shape index (κ2) is 7.68. The number of methoxy groups -OCH3 is 1. The molecule has 0 radical (unpaired) electrons. The third-order valence-electron chi connectivity index (χ3n) is 3.64. The molecule has 0 aromatic heterocycles. The third-order valence-corrected chi connectivity index (χ3v) is 3.64. The van der Waals surface area contributed by atoms with Gasteiger partial charge in [-0.15, -0.1) is 0 Å². The highest BCUT2D eigenvalue weighted by Gasteiger charge is 2.20. The number of carbonyl (C=O) groups excluding carboxylic acids is 1. The van der Waals surface area contributed by atoms with Crippen LogP contribution in [0.15, 0.2) is 42.5 Å². The number of rotatable bonds is 6. The number of anilines is 1. The van der Waals surface area contributed by atoms with Gasteiger partial charge in [0, 0.05) is 0 Å². The second-order valence-corrected chi connectivity index (χ2v) is 5.47. The van der Waals surface area contributed by atoms with Gasteiger partial charge in [0.1, 0.15) is 11.5 Å². The van der Waals surface area contributed by atoms with Gasteiger partial charge in [-0.2, -0.15) is 0 Å². The lowest BCUT2D eigenvalue weighted by molar-refractivity contribution is -0.122. The molecule has 4 nitrogen and oxygen atoms in total. The largest absolute Gasteiger partial charge is 0.495 e. The average Bonchev–Trinajstić information content (AvgIpc) is 2.54. The van der Waals surface area contributed by atoms with Crippen molar-refractivity contribution in [2.45, 2.75) is 33.3 Å². The molecular formula is C19H23NO3. The van der Waals surface area contributed by atoms with Crippen molar-refractivity contribution in [2.24, 2.45) is 0 Å². The molecule has 0 aliphatic carbocycles. The van der Waals surface area contributed by atoms with Crippen LogP contribution in [0, 0.1) is 13.8 Å². The molecule has 1 amide bonds. The van der Waals surface area contributed by atoms with Gasteiger partial charge in [0.05, 0.1) is 12.8 Å². The summed E-state index contributed by atoms with van der Waals surface area (Å²) < 4.78 is 11.2. The molecule has 0 aliphatic heterocycles. The van der Waals surface area contributed by atoms with E-state index in [2.05, 4.69) is 5.32 Å².